The smallest absolute Gasteiger partial charge is 0.287 e. The van der Waals surface area contributed by atoms with E-state index < -0.39 is 23.6 Å². The Balaban J connectivity index is 1.61. The molecular formula is C18H14N6O4S. The SMILES string of the molecule is NC(=O)C(=O)C(Cc1c[nH]c2ccoc12)NC(=O)c1nsnc1-c1ccccn1. The highest BCUT2D eigenvalue weighted by atomic mass is 32.1. The maximum atomic E-state index is 12.8. The second-order valence-corrected chi connectivity index (χ2v) is 6.64. The van der Waals surface area contributed by atoms with E-state index in [-0.39, 0.29) is 17.8 Å². The van der Waals surface area contributed by atoms with Crippen molar-refractivity contribution in [2.45, 2.75) is 12.5 Å². The Labute approximate surface area is 167 Å². The van der Waals surface area contributed by atoms with Crippen LogP contribution in [0.25, 0.3) is 22.5 Å². The number of amides is 2. The van der Waals surface area contributed by atoms with Gasteiger partial charge >= 0.3 is 0 Å². The van der Waals surface area contributed by atoms with Crippen molar-refractivity contribution in [3.05, 3.63) is 54.2 Å². The second kappa shape index (κ2) is 7.64. The Morgan fingerprint density at radius 1 is 1.24 bits per heavy atom. The number of carbonyl (C=O) groups is 3. The number of rotatable bonds is 7. The summed E-state index contributed by atoms with van der Waals surface area (Å²) in [6.45, 7) is 0. The van der Waals surface area contributed by atoms with Gasteiger partial charge in [0, 0.05) is 30.4 Å². The molecule has 0 aliphatic carbocycles. The van der Waals surface area contributed by atoms with E-state index in [1.807, 2.05) is 0 Å². The van der Waals surface area contributed by atoms with Crippen molar-refractivity contribution in [3.8, 4) is 11.4 Å². The highest BCUT2D eigenvalue weighted by Gasteiger charge is 2.29. The molecule has 0 spiro atoms. The first-order valence-corrected chi connectivity index (χ1v) is 9.19. The van der Waals surface area contributed by atoms with Crippen LogP contribution in [0.15, 0.2) is 47.3 Å². The van der Waals surface area contributed by atoms with Gasteiger partial charge in [0.1, 0.15) is 11.7 Å². The number of nitrogens with zero attached hydrogens (tertiary/aromatic N) is 3. The number of ketones is 1. The van der Waals surface area contributed by atoms with E-state index in [2.05, 4.69) is 24.0 Å². The number of furan rings is 1. The minimum absolute atomic E-state index is 0.00758. The van der Waals surface area contributed by atoms with Crippen LogP contribution in [0.3, 0.4) is 0 Å². The minimum Gasteiger partial charge on any atom is -0.462 e. The molecule has 0 saturated heterocycles. The topological polar surface area (TPSA) is 157 Å². The molecule has 0 bridgehead atoms. The lowest BCUT2D eigenvalue weighted by Gasteiger charge is -2.15. The van der Waals surface area contributed by atoms with Crippen molar-refractivity contribution >= 4 is 40.4 Å². The maximum absolute atomic E-state index is 12.8. The molecule has 0 aliphatic rings. The van der Waals surface area contributed by atoms with Gasteiger partial charge in [0.25, 0.3) is 11.8 Å². The molecule has 10 nitrogen and oxygen atoms in total. The van der Waals surface area contributed by atoms with Gasteiger partial charge in [-0.2, -0.15) is 8.75 Å². The number of hydrogen-bond donors (Lipinski definition) is 3. The number of hydrogen-bond acceptors (Lipinski definition) is 8. The monoisotopic (exact) mass is 410 g/mol. The summed E-state index contributed by atoms with van der Waals surface area (Å²) in [5.74, 6) is -2.74. The molecule has 4 heterocycles. The van der Waals surface area contributed by atoms with Crippen LogP contribution in [0.5, 0.6) is 0 Å². The lowest BCUT2D eigenvalue weighted by molar-refractivity contribution is -0.137. The van der Waals surface area contributed by atoms with Crippen LogP contribution in [0.4, 0.5) is 0 Å². The van der Waals surface area contributed by atoms with Crippen molar-refractivity contribution in [2.75, 3.05) is 0 Å². The van der Waals surface area contributed by atoms with Gasteiger partial charge in [0.05, 0.1) is 29.2 Å². The molecule has 0 aliphatic heterocycles. The molecule has 1 unspecified atom stereocenters. The third-order valence-electron chi connectivity index (χ3n) is 4.26. The van der Waals surface area contributed by atoms with Gasteiger partial charge in [-0.05, 0) is 12.1 Å². The molecule has 0 fully saturated rings. The molecule has 4 aromatic heterocycles. The molecule has 0 radical (unpaired) electrons. The predicted octanol–water partition coefficient (Wildman–Crippen LogP) is 1.07. The predicted molar refractivity (Wildman–Crippen MR) is 103 cm³/mol. The van der Waals surface area contributed by atoms with E-state index in [1.165, 1.54) is 6.26 Å². The summed E-state index contributed by atoms with van der Waals surface area (Å²) in [6.07, 6.45) is 4.72. The molecule has 1 atom stereocenters. The zero-order valence-corrected chi connectivity index (χ0v) is 15.6. The molecule has 4 aromatic rings. The van der Waals surface area contributed by atoms with Gasteiger partial charge in [-0.15, -0.1) is 0 Å². The third-order valence-corrected chi connectivity index (χ3v) is 4.79. The van der Waals surface area contributed by atoms with Gasteiger partial charge in [0.15, 0.2) is 11.3 Å². The van der Waals surface area contributed by atoms with E-state index in [0.717, 1.165) is 17.2 Å². The van der Waals surface area contributed by atoms with Gasteiger partial charge in [-0.3, -0.25) is 19.4 Å². The molecule has 0 saturated carbocycles. The number of aromatic nitrogens is 4. The average molecular weight is 410 g/mol. The molecule has 4 rings (SSSR count). The lowest BCUT2D eigenvalue weighted by Crippen LogP contribution is -2.47. The van der Waals surface area contributed by atoms with Gasteiger partial charge in [-0.25, -0.2) is 0 Å². The number of aromatic amines is 1. The highest BCUT2D eigenvalue weighted by molar-refractivity contribution is 6.99. The second-order valence-electron chi connectivity index (χ2n) is 6.11. The van der Waals surface area contributed by atoms with Gasteiger partial charge in [0.2, 0.25) is 5.78 Å². The van der Waals surface area contributed by atoms with Crippen LogP contribution >= 0.6 is 11.7 Å². The fourth-order valence-corrected chi connectivity index (χ4v) is 3.44. The van der Waals surface area contributed by atoms with E-state index in [1.54, 1.807) is 36.7 Å². The first-order chi connectivity index (χ1) is 14.0. The van der Waals surface area contributed by atoms with Gasteiger partial charge in [-0.1, -0.05) is 6.07 Å². The average Bonchev–Trinajstić information content (AvgIpc) is 3.45. The summed E-state index contributed by atoms with van der Waals surface area (Å²) in [7, 11) is 0. The summed E-state index contributed by atoms with van der Waals surface area (Å²) in [6, 6.07) is 5.71. The summed E-state index contributed by atoms with van der Waals surface area (Å²) >= 11 is 0.842. The number of fused-ring (bicyclic) bond motifs is 1. The quantitative estimate of drug-likeness (QED) is 0.385. The molecule has 146 valence electrons. The zero-order chi connectivity index (χ0) is 20.4. The Morgan fingerprint density at radius 3 is 2.86 bits per heavy atom. The Hall–Kier alpha value is -3.86. The fraction of sp³-hybridized carbons (Fsp3) is 0.111. The summed E-state index contributed by atoms with van der Waals surface area (Å²) < 4.78 is 13.5. The number of pyridine rings is 1. The van der Waals surface area contributed by atoms with Crippen molar-refractivity contribution in [1.82, 2.24) is 24.0 Å². The van der Waals surface area contributed by atoms with Crippen LogP contribution < -0.4 is 11.1 Å². The third kappa shape index (κ3) is 3.62. The number of nitrogens with one attached hydrogen (secondary N) is 2. The standard InChI is InChI=1S/C18H14N6O4S/c19-17(26)15(25)12(7-9-8-21-11-4-6-28-16(9)11)22-18(27)14-13(23-29-24-14)10-3-1-2-5-20-10/h1-6,8,12,21H,7H2,(H2,19,26)(H,22,27). The maximum Gasteiger partial charge on any atom is 0.287 e. The molecule has 2 amide bonds. The number of primary amides is 1. The zero-order valence-electron chi connectivity index (χ0n) is 14.8. The van der Waals surface area contributed by atoms with Crippen LogP contribution in [-0.2, 0) is 16.0 Å². The first-order valence-electron chi connectivity index (χ1n) is 8.46. The fourth-order valence-electron chi connectivity index (χ4n) is 2.89. The molecule has 4 N–H and O–H groups in total. The van der Waals surface area contributed by atoms with E-state index >= 15 is 0 Å². The van der Waals surface area contributed by atoms with Crippen LogP contribution in [-0.4, -0.2) is 42.4 Å². The summed E-state index contributed by atoms with van der Waals surface area (Å²) in [5, 5.41) is 2.54. The van der Waals surface area contributed by atoms with Crippen molar-refractivity contribution in [1.29, 1.82) is 0 Å². The van der Waals surface area contributed by atoms with Crippen molar-refractivity contribution in [2.24, 2.45) is 5.73 Å². The lowest BCUT2D eigenvalue weighted by atomic mass is 10.0. The number of nitrogens with two attached hydrogens (primary N) is 1. The Bertz CT molecular complexity index is 1200. The molecule has 0 aromatic carbocycles. The van der Waals surface area contributed by atoms with Gasteiger partial charge < -0.3 is 20.5 Å². The molecule has 29 heavy (non-hydrogen) atoms. The van der Waals surface area contributed by atoms with E-state index in [4.69, 9.17) is 10.2 Å². The van der Waals surface area contributed by atoms with E-state index in [9.17, 15) is 14.4 Å². The number of Topliss-reactive ketones (excluding diaryl/α,β-unsaturated/α-hetero) is 1. The normalized spacial score (nSPS) is 12.0. The highest BCUT2D eigenvalue weighted by Crippen LogP contribution is 2.22. The summed E-state index contributed by atoms with van der Waals surface area (Å²) in [4.78, 5) is 43.8. The Kier molecular flexibility index (Phi) is 4.87. The number of carbonyl (C=O) groups excluding carboxylic acids is 3. The largest absolute Gasteiger partial charge is 0.462 e. The first kappa shape index (κ1) is 18.5. The number of H-pyrrole nitrogens is 1. The van der Waals surface area contributed by atoms with Crippen LogP contribution in [0.2, 0.25) is 0 Å². The van der Waals surface area contributed by atoms with Crippen LogP contribution in [0, 0.1) is 0 Å². The molecular weight excluding hydrogens is 396 g/mol. The minimum atomic E-state index is -1.19. The summed E-state index contributed by atoms with van der Waals surface area (Å²) in [5.41, 5.74) is 7.81. The van der Waals surface area contributed by atoms with E-state index in [0.29, 0.717) is 16.8 Å². The Morgan fingerprint density at radius 2 is 2.10 bits per heavy atom. The van der Waals surface area contributed by atoms with Crippen LogP contribution in [0.1, 0.15) is 16.1 Å². The molecule has 11 heteroatoms. The van der Waals surface area contributed by atoms with Crippen molar-refractivity contribution < 1.29 is 18.8 Å². The van der Waals surface area contributed by atoms with Crippen molar-refractivity contribution in [3.63, 3.8) is 0 Å².